The van der Waals surface area contributed by atoms with Crippen LogP contribution < -0.4 is 4.74 Å². The summed E-state index contributed by atoms with van der Waals surface area (Å²) in [5.74, 6) is 2.76. The molecule has 2 unspecified atom stereocenters. The molecule has 0 bridgehead atoms. The monoisotopic (exact) mass is 536 g/mol. The van der Waals surface area contributed by atoms with Gasteiger partial charge in [0, 0.05) is 33.0 Å². The molecule has 0 N–H and O–H groups in total. The average Bonchev–Trinajstić information content (AvgIpc) is 3.17. The molecule has 3 nitrogen and oxygen atoms in total. The van der Waals surface area contributed by atoms with E-state index < -0.39 is 0 Å². The molecule has 1 fully saturated rings. The lowest BCUT2D eigenvalue weighted by atomic mass is 9.74. The predicted molar refractivity (Wildman–Crippen MR) is 141 cm³/mol. The highest BCUT2D eigenvalue weighted by Crippen LogP contribution is 2.50. The van der Waals surface area contributed by atoms with Crippen LogP contribution in [-0.2, 0) is 28.3 Å². The van der Waals surface area contributed by atoms with Crippen molar-refractivity contribution in [1.82, 2.24) is 0 Å². The Hall–Kier alpha value is -2.24. The average molecular weight is 538 g/mol. The van der Waals surface area contributed by atoms with Gasteiger partial charge in [0.15, 0.2) is 0 Å². The highest BCUT2D eigenvalue weighted by Gasteiger charge is 2.48. The minimum Gasteiger partial charge on any atom is -0.489 e. The van der Waals surface area contributed by atoms with E-state index in [0.717, 1.165) is 45.7 Å². The molecule has 1 heterocycles. The van der Waals surface area contributed by atoms with Gasteiger partial charge in [0.1, 0.15) is 18.5 Å². The zero-order chi connectivity index (χ0) is 23.7. The number of carbonyl (C=O) groups is 1. The van der Waals surface area contributed by atoms with Crippen LogP contribution in [0.1, 0.15) is 45.9 Å². The summed E-state index contributed by atoms with van der Waals surface area (Å²) in [6.07, 6.45) is 1.82. The number of hydrogen-bond acceptors (Lipinski definition) is 4. The summed E-state index contributed by atoms with van der Waals surface area (Å²) in [6.45, 7) is 4.75. The molecule has 0 saturated carbocycles. The maximum absolute atomic E-state index is 13.0. The molecule has 0 aromatic heterocycles. The van der Waals surface area contributed by atoms with Crippen LogP contribution in [0.3, 0.4) is 0 Å². The fraction of sp³-hybridized carbons (Fsp3) is 0.345. The van der Waals surface area contributed by atoms with Gasteiger partial charge < -0.3 is 9.47 Å². The highest BCUT2D eigenvalue weighted by atomic mass is 79.9. The largest absolute Gasteiger partial charge is 0.489 e. The van der Waals surface area contributed by atoms with Crippen molar-refractivity contribution in [2.45, 2.75) is 45.2 Å². The zero-order valence-corrected chi connectivity index (χ0v) is 22.0. The first-order chi connectivity index (χ1) is 16.5. The number of ether oxygens (including phenoxy) is 2. The van der Waals surface area contributed by atoms with Crippen LogP contribution in [0.2, 0.25) is 0 Å². The minimum absolute atomic E-state index is 0.0417. The predicted octanol–water partition coefficient (Wildman–Crippen LogP) is 7.35. The van der Waals surface area contributed by atoms with Crippen molar-refractivity contribution in [3.63, 3.8) is 0 Å². The summed E-state index contributed by atoms with van der Waals surface area (Å²) >= 11 is 5.44. The Morgan fingerprint density at radius 3 is 2.65 bits per heavy atom. The topological polar surface area (TPSA) is 35.5 Å². The molecule has 5 rings (SSSR count). The molecule has 1 aliphatic carbocycles. The molecule has 5 heteroatoms. The number of halogens is 1. The number of hydrogen-bond donors (Lipinski definition) is 0. The molecule has 0 radical (unpaired) electrons. The maximum atomic E-state index is 13.0. The Morgan fingerprint density at radius 2 is 1.85 bits per heavy atom. The summed E-state index contributed by atoms with van der Waals surface area (Å²) in [7, 11) is 0. The summed E-state index contributed by atoms with van der Waals surface area (Å²) in [6, 6.07) is 20.7. The zero-order valence-electron chi connectivity index (χ0n) is 19.6. The number of aryl methyl sites for hydroxylation is 1. The van der Waals surface area contributed by atoms with Crippen molar-refractivity contribution in [3.8, 4) is 5.75 Å². The maximum Gasteiger partial charge on any atom is 0.310 e. The smallest absolute Gasteiger partial charge is 0.310 e. The van der Waals surface area contributed by atoms with Crippen LogP contribution in [0.15, 0.2) is 65.1 Å². The van der Waals surface area contributed by atoms with Gasteiger partial charge in [0.05, 0.1) is 5.92 Å². The lowest BCUT2D eigenvalue weighted by Crippen LogP contribution is -2.25. The molecule has 2 aliphatic rings. The summed E-state index contributed by atoms with van der Waals surface area (Å²) in [5, 5.41) is 0. The van der Waals surface area contributed by atoms with Gasteiger partial charge in [0.25, 0.3) is 0 Å². The third kappa shape index (κ3) is 4.65. The van der Waals surface area contributed by atoms with Crippen molar-refractivity contribution in [1.29, 1.82) is 0 Å². The van der Waals surface area contributed by atoms with Gasteiger partial charge in [-0.05, 0) is 61.1 Å². The molecule has 176 valence electrons. The summed E-state index contributed by atoms with van der Waals surface area (Å²) in [5.41, 5.74) is 7.24. The first-order valence-electron chi connectivity index (χ1n) is 11.8. The number of fused-ring (bicyclic) bond motifs is 3. The Morgan fingerprint density at radius 1 is 1.09 bits per heavy atom. The number of carbonyl (C=O) groups excluding carboxylic acids is 1. The Bertz CT molecular complexity index is 1190. The third-order valence-corrected chi connectivity index (χ3v) is 9.04. The van der Waals surface area contributed by atoms with Crippen LogP contribution in [0.25, 0.3) is 0 Å². The molecule has 0 amide bonds. The van der Waals surface area contributed by atoms with E-state index in [1.165, 1.54) is 22.3 Å². The van der Waals surface area contributed by atoms with Gasteiger partial charge >= 0.3 is 5.97 Å². The number of benzene rings is 3. The quantitative estimate of drug-likeness (QED) is 0.295. The molecule has 3 aromatic rings. The summed E-state index contributed by atoms with van der Waals surface area (Å²) in [4.78, 5) is 13.0. The first kappa shape index (κ1) is 23.5. The molecular formula is C29H29BrO3S. The standard InChI is InChI=1S/C29H29BrO3S/c1-18-14-26(32-15-21-10-6-7-11-25(21)30)19(2)27-22(18)12-13-23-24(29(31)33-28(23)27)17-34-16-20-8-4-3-5-9-20/h3-11,14,23-24,28H,12-13,15-17H2,1-2H3/t23?,24?,28-/m1/s1. The van der Waals surface area contributed by atoms with Crippen molar-refractivity contribution >= 4 is 33.7 Å². The number of rotatable bonds is 7. The van der Waals surface area contributed by atoms with E-state index >= 15 is 0 Å². The van der Waals surface area contributed by atoms with Crippen LogP contribution in [0, 0.1) is 25.7 Å². The highest BCUT2D eigenvalue weighted by molar-refractivity contribution is 9.10. The number of esters is 1. The van der Waals surface area contributed by atoms with E-state index in [-0.39, 0.29) is 23.9 Å². The molecular weight excluding hydrogens is 508 g/mol. The van der Waals surface area contributed by atoms with Gasteiger partial charge in [0.2, 0.25) is 0 Å². The van der Waals surface area contributed by atoms with Crippen molar-refractivity contribution < 1.29 is 14.3 Å². The second kappa shape index (κ2) is 10.2. The Kier molecular flexibility index (Phi) is 7.03. The molecule has 3 atom stereocenters. The Balaban J connectivity index is 1.34. The van der Waals surface area contributed by atoms with Crippen LogP contribution >= 0.6 is 27.7 Å². The van der Waals surface area contributed by atoms with Gasteiger partial charge in [-0.3, -0.25) is 4.79 Å². The van der Waals surface area contributed by atoms with Gasteiger partial charge in [-0.15, -0.1) is 0 Å². The molecule has 1 aliphatic heterocycles. The van der Waals surface area contributed by atoms with Crippen molar-refractivity contribution in [3.05, 3.63) is 98.5 Å². The Labute approximate surface area is 214 Å². The van der Waals surface area contributed by atoms with E-state index in [4.69, 9.17) is 9.47 Å². The van der Waals surface area contributed by atoms with E-state index in [1.54, 1.807) is 0 Å². The minimum atomic E-state index is -0.163. The normalized spacial score (nSPS) is 21.0. The van der Waals surface area contributed by atoms with Crippen molar-refractivity contribution in [2.24, 2.45) is 11.8 Å². The van der Waals surface area contributed by atoms with Crippen LogP contribution in [0.5, 0.6) is 5.75 Å². The van der Waals surface area contributed by atoms with E-state index in [0.29, 0.717) is 6.61 Å². The van der Waals surface area contributed by atoms with E-state index in [1.807, 2.05) is 36.0 Å². The number of thioether (sulfide) groups is 1. The molecule has 1 saturated heterocycles. The first-order valence-corrected chi connectivity index (χ1v) is 13.8. The second-order valence-electron chi connectivity index (χ2n) is 9.26. The van der Waals surface area contributed by atoms with Crippen LogP contribution in [-0.4, -0.2) is 11.7 Å². The van der Waals surface area contributed by atoms with E-state index in [9.17, 15) is 4.79 Å². The fourth-order valence-electron chi connectivity index (χ4n) is 5.29. The van der Waals surface area contributed by atoms with Crippen molar-refractivity contribution in [2.75, 3.05) is 5.75 Å². The second-order valence-corrected chi connectivity index (χ2v) is 11.1. The molecule has 34 heavy (non-hydrogen) atoms. The lowest BCUT2D eigenvalue weighted by Gasteiger charge is -2.31. The van der Waals surface area contributed by atoms with E-state index in [2.05, 4.69) is 66.2 Å². The van der Waals surface area contributed by atoms with Crippen LogP contribution in [0.4, 0.5) is 0 Å². The lowest BCUT2D eigenvalue weighted by molar-refractivity contribution is -0.144. The van der Waals surface area contributed by atoms with Gasteiger partial charge in [-0.2, -0.15) is 11.8 Å². The molecule has 0 spiro atoms. The fourth-order valence-corrected chi connectivity index (χ4v) is 6.88. The molecule has 3 aromatic carbocycles. The third-order valence-electron chi connectivity index (χ3n) is 7.14. The SMILES string of the molecule is Cc1cc(OCc2ccccc2Br)c(C)c2c1CCC1C(CSCc3ccccc3)C(=O)O[C@@H]21. The van der Waals surface area contributed by atoms with Gasteiger partial charge in [-0.25, -0.2) is 0 Å². The van der Waals surface area contributed by atoms with Gasteiger partial charge in [-0.1, -0.05) is 64.5 Å². The summed E-state index contributed by atoms with van der Waals surface area (Å²) < 4.78 is 13.4.